The molecule has 1 aliphatic heterocycles. The molecule has 0 aromatic heterocycles. The Labute approximate surface area is 91.2 Å². The number of carbonyl (C=O) groups excluding carboxylic acids is 1. The molecule has 0 spiro atoms. The highest BCUT2D eigenvalue weighted by Crippen LogP contribution is 2.18. The molecule has 4 nitrogen and oxygen atoms in total. The van der Waals surface area contributed by atoms with E-state index in [1.807, 2.05) is 20.8 Å². The first-order valence-electron chi connectivity index (χ1n) is 5.48. The molecule has 0 aromatic rings. The molecule has 4 heteroatoms. The number of hydrogen-bond acceptors (Lipinski definition) is 2. The van der Waals surface area contributed by atoms with Crippen molar-refractivity contribution in [3.63, 3.8) is 0 Å². The molecule has 0 N–H and O–H groups in total. The number of rotatable bonds is 1. The van der Waals surface area contributed by atoms with Gasteiger partial charge in [-0.3, -0.25) is 0 Å². The van der Waals surface area contributed by atoms with E-state index in [1.165, 1.54) is 0 Å². The summed E-state index contributed by atoms with van der Waals surface area (Å²) in [6.45, 7) is 6.85. The Kier molecular flexibility index (Phi) is 3.97. The summed E-state index contributed by atoms with van der Waals surface area (Å²) in [6.07, 6.45) is 1.36. The highest BCUT2D eigenvalue weighted by molar-refractivity contribution is 5.68. The summed E-state index contributed by atoms with van der Waals surface area (Å²) in [5.41, 5.74) is -0.438. The topological polar surface area (TPSA) is 49.4 Å². The predicted octanol–water partition coefficient (Wildman–Crippen LogP) is 2.06. The Hall–Kier alpha value is -0.770. The Bertz CT molecular complexity index is 214. The quantitative estimate of drug-likeness (QED) is 0.670. The van der Waals surface area contributed by atoms with E-state index in [-0.39, 0.29) is 18.6 Å². The van der Waals surface area contributed by atoms with Gasteiger partial charge < -0.3 is 9.64 Å². The molecule has 1 saturated heterocycles. The van der Waals surface area contributed by atoms with Crippen LogP contribution in [0.3, 0.4) is 0 Å². The molecule has 1 fully saturated rings. The van der Waals surface area contributed by atoms with Crippen LogP contribution in [0.5, 0.6) is 0 Å². The van der Waals surface area contributed by atoms with Gasteiger partial charge in [0, 0.05) is 13.1 Å². The van der Waals surface area contributed by atoms with Crippen molar-refractivity contribution in [3.05, 3.63) is 0 Å². The van der Waals surface area contributed by atoms with Crippen LogP contribution >= 0.6 is 0 Å². The lowest BCUT2D eigenvalue weighted by Gasteiger charge is -2.32. The fourth-order valence-corrected chi connectivity index (χ4v) is 1.61. The fourth-order valence-electron chi connectivity index (χ4n) is 1.61. The Morgan fingerprint density at radius 3 is 2.27 bits per heavy atom. The molecule has 87 valence electrons. The molecule has 1 radical (unpaired) electrons. The standard InChI is InChI=1S/C11H20NO3/c1-11(2,3)15-10(14)12-6-4-9(8-13)5-7-12/h9H,4-8H2,1-3H3. The van der Waals surface area contributed by atoms with Crippen LogP contribution in [0.25, 0.3) is 0 Å². The van der Waals surface area contributed by atoms with Crippen molar-refractivity contribution in [2.75, 3.05) is 19.7 Å². The van der Waals surface area contributed by atoms with E-state index >= 15 is 0 Å². The molecule has 0 atom stereocenters. The van der Waals surface area contributed by atoms with Crippen LogP contribution in [0, 0.1) is 5.92 Å². The monoisotopic (exact) mass is 214 g/mol. The van der Waals surface area contributed by atoms with Gasteiger partial charge in [-0.25, -0.2) is 9.90 Å². The zero-order valence-electron chi connectivity index (χ0n) is 9.78. The van der Waals surface area contributed by atoms with Gasteiger partial charge in [0.05, 0.1) is 6.61 Å². The molecule has 0 unspecified atom stereocenters. The molecular weight excluding hydrogens is 194 g/mol. The van der Waals surface area contributed by atoms with Crippen LogP contribution in [-0.2, 0) is 9.84 Å². The van der Waals surface area contributed by atoms with Crippen molar-refractivity contribution < 1.29 is 14.6 Å². The summed E-state index contributed by atoms with van der Waals surface area (Å²) >= 11 is 0. The van der Waals surface area contributed by atoms with Crippen molar-refractivity contribution in [1.29, 1.82) is 0 Å². The summed E-state index contributed by atoms with van der Waals surface area (Å²) in [5.74, 6) is 0.240. The fraction of sp³-hybridized carbons (Fsp3) is 0.909. The van der Waals surface area contributed by atoms with Gasteiger partial charge in [-0.2, -0.15) is 0 Å². The maximum atomic E-state index is 11.6. The molecule has 1 rings (SSSR count). The summed E-state index contributed by atoms with van der Waals surface area (Å²) in [4.78, 5) is 13.3. The lowest BCUT2D eigenvalue weighted by atomic mass is 9.98. The van der Waals surface area contributed by atoms with E-state index < -0.39 is 5.60 Å². The molecule has 1 amide bonds. The molecule has 0 aromatic carbocycles. The molecule has 0 aliphatic carbocycles. The minimum absolute atomic E-state index is 0.0256. The van der Waals surface area contributed by atoms with E-state index in [4.69, 9.17) is 4.74 Å². The van der Waals surface area contributed by atoms with E-state index in [0.29, 0.717) is 13.1 Å². The van der Waals surface area contributed by atoms with Crippen LogP contribution in [0.4, 0.5) is 4.79 Å². The predicted molar refractivity (Wildman–Crippen MR) is 56.1 cm³/mol. The Balaban J connectivity index is 2.37. The second-order valence-electron chi connectivity index (χ2n) is 5.08. The van der Waals surface area contributed by atoms with Gasteiger partial charge in [-0.05, 0) is 39.5 Å². The smallest absolute Gasteiger partial charge is 0.410 e. The number of ether oxygens (including phenoxy) is 1. The first-order chi connectivity index (χ1) is 6.92. The summed E-state index contributed by atoms with van der Waals surface area (Å²) < 4.78 is 5.25. The average Bonchev–Trinajstić information content (AvgIpc) is 2.15. The van der Waals surface area contributed by atoms with E-state index in [9.17, 15) is 9.90 Å². The summed E-state index contributed by atoms with van der Waals surface area (Å²) in [6, 6.07) is 0. The molecule has 0 saturated carbocycles. The van der Waals surface area contributed by atoms with Gasteiger partial charge in [0.1, 0.15) is 5.60 Å². The zero-order chi connectivity index (χ0) is 11.5. The highest BCUT2D eigenvalue weighted by Gasteiger charge is 2.26. The second kappa shape index (κ2) is 4.84. The third-order valence-electron chi connectivity index (χ3n) is 2.50. The largest absolute Gasteiger partial charge is 0.444 e. The maximum Gasteiger partial charge on any atom is 0.410 e. The van der Waals surface area contributed by atoms with Crippen LogP contribution in [-0.4, -0.2) is 36.3 Å². The number of likely N-dealkylation sites (tertiary alicyclic amines) is 1. The van der Waals surface area contributed by atoms with E-state index in [0.717, 1.165) is 12.8 Å². The van der Waals surface area contributed by atoms with Crippen LogP contribution in [0.1, 0.15) is 33.6 Å². The molecular formula is C11H20NO3. The number of carbonyl (C=O) groups is 1. The number of piperidine rings is 1. The third-order valence-corrected chi connectivity index (χ3v) is 2.50. The summed E-state index contributed by atoms with van der Waals surface area (Å²) in [5, 5.41) is 10.7. The Morgan fingerprint density at radius 2 is 1.87 bits per heavy atom. The normalized spacial score (nSPS) is 19.1. The van der Waals surface area contributed by atoms with Crippen LogP contribution < -0.4 is 0 Å². The van der Waals surface area contributed by atoms with Gasteiger partial charge in [-0.15, -0.1) is 0 Å². The van der Waals surface area contributed by atoms with E-state index in [2.05, 4.69) is 0 Å². The molecule has 1 aliphatic rings. The molecule has 15 heavy (non-hydrogen) atoms. The van der Waals surface area contributed by atoms with Gasteiger partial charge >= 0.3 is 6.09 Å². The van der Waals surface area contributed by atoms with Gasteiger partial charge in [0.25, 0.3) is 0 Å². The first kappa shape index (κ1) is 12.3. The minimum atomic E-state index is -0.438. The SMILES string of the molecule is CC(C)(C)OC(=O)N1CCC(C[O])CC1. The average molecular weight is 214 g/mol. The number of hydrogen-bond donors (Lipinski definition) is 0. The second-order valence-corrected chi connectivity index (χ2v) is 5.08. The van der Waals surface area contributed by atoms with Gasteiger partial charge in [0.2, 0.25) is 0 Å². The Morgan fingerprint density at radius 1 is 1.33 bits per heavy atom. The first-order valence-corrected chi connectivity index (χ1v) is 5.48. The van der Waals surface area contributed by atoms with E-state index in [1.54, 1.807) is 4.90 Å². The van der Waals surface area contributed by atoms with Crippen molar-refractivity contribution in [1.82, 2.24) is 4.90 Å². The van der Waals surface area contributed by atoms with Crippen molar-refractivity contribution >= 4 is 6.09 Å². The molecule has 1 heterocycles. The molecule has 0 bridgehead atoms. The lowest BCUT2D eigenvalue weighted by Crippen LogP contribution is -2.42. The number of amides is 1. The summed E-state index contributed by atoms with van der Waals surface area (Å²) in [7, 11) is 0. The van der Waals surface area contributed by atoms with Gasteiger partial charge in [-0.1, -0.05) is 0 Å². The third kappa shape index (κ3) is 4.08. The van der Waals surface area contributed by atoms with Crippen molar-refractivity contribution in [3.8, 4) is 0 Å². The van der Waals surface area contributed by atoms with Crippen molar-refractivity contribution in [2.45, 2.75) is 39.2 Å². The number of nitrogens with zero attached hydrogens (tertiary/aromatic N) is 1. The minimum Gasteiger partial charge on any atom is -0.444 e. The maximum absolute atomic E-state index is 11.6. The van der Waals surface area contributed by atoms with Crippen LogP contribution in [0.2, 0.25) is 0 Å². The van der Waals surface area contributed by atoms with Crippen molar-refractivity contribution in [2.24, 2.45) is 5.92 Å². The lowest BCUT2D eigenvalue weighted by molar-refractivity contribution is 0.0133. The van der Waals surface area contributed by atoms with Crippen LogP contribution in [0.15, 0.2) is 0 Å². The zero-order valence-corrected chi connectivity index (χ0v) is 9.78. The van der Waals surface area contributed by atoms with Gasteiger partial charge in [0.15, 0.2) is 0 Å². The highest BCUT2D eigenvalue weighted by atomic mass is 16.6.